The van der Waals surface area contributed by atoms with Crippen LogP contribution in [-0.2, 0) is 0 Å². The fourth-order valence-electron chi connectivity index (χ4n) is 1.99. The highest BCUT2D eigenvalue weighted by Crippen LogP contribution is 2.58. The highest BCUT2D eigenvalue weighted by molar-refractivity contribution is 8.55. The molecule has 1 aliphatic rings. The number of rotatable bonds is 6. The summed E-state index contributed by atoms with van der Waals surface area (Å²) in [5.41, 5.74) is 1.04. The van der Waals surface area contributed by atoms with E-state index in [-0.39, 0.29) is 0 Å². The molecule has 2 heterocycles. The first-order chi connectivity index (χ1) is 10.3. The van der Waals surface area contributed by atoms with Gasteiger partial charge in [-0.1, -0.05) is 30.3 Å². The molecule has 1 aromatic carbocycles. The minimum atomic E-state index is -0.625. The van der Waals surface area contributed by atoms with Gasteiger partial charge in [0, 0.05) is 30.4 Å². The molecular formula is C12H14Cl2N5PS. The lowest BCUT2D eigenvalue weighted by Gasteiger charge is -2.25. The Bertz CT molecular complexity index is 591. The van der Waals surface area contributed by atoms with Crippen LogP contribution in [0.4, 0.5) is 0 Å². The summed E-state index contributed by atoms with van der Waals surface area (Å²) in [7, 11) is -0.625. The lowest BCUT2D eigenvalue weighted by molar-refractivity contribution is 0.519. The molecule has 2 aromatic rings. The van der Waals surface area contributed by atoms with Gasteiger partial charge in [-0.3, -0.25) is 9.87 Å². The Morgan fingerprint density at radius 3 is 2.52 bits per heavy atom. The predicted octanol–water partition coefficient (Wildman–Crippen LogP) is 3.60. The van der Waals surface area contributed by atoms with Gasteiger partial charge in [0.25, 0.3) is 0 Å². The summed E-state index contributed by atoms with van der Waals surface area (Å²) in [4.78, 5) is 0. The molecule has 1 aromatic heterocycles. The summed E-state index contributed by atoms with van der Waals surface area (Å²) in [6, 6.07) is 10.0. The van der Waals surface area contributed by atoms with E-state index in [4.69, 9.17) is 23.2 Å². The number of hydrogen-bond donors (Lipinski definition) is 1. The van der Waals surface area contributed by atoms with Gasteiger partial charge in [-0.2, -0.15) is 0 Å². The smallest absolute Gasteiger partial charge is 0.217 e. The van der Waals surface area contributed by atoms with Crippen LogP contribution in [0.3, 0.4) is 0 Å². The van der Waals surface area contributed by atoms with E-state index in [9.17, 15) is 0 Å². The van der Waals surface area contributed by atoms with Crippen molar-refractivity contribution in [2.45, 2.75) is 5.16 Å². The number of benzene rings is 1. The molecule has 0 fully saturated rings. The fraction of sp³-hybridized carbons (Fsp3) is 0.333. The summed E-state index contributed by atoms with van der Waals surface area (Å²) in [6.45, 7) is 1.61. The Morgan fingerprint density at radius 2 is 1.86 bits per heavy atom. The second-order valence-electron chi connectivity index (χ2n) is 4.30. The maximum Gasteiger partial charge on any atom is 0.217 e. The summed E-state index contributed by atoms with van der Waals surface area (Å²) in [5, 5.41) is 12.9. The molecule has 0 saturated heterocycles. The van der Waals surface area contributed by atoms with Gasteiger partial charge in [-0.15, -0.1) is 33.4 Å². The number of nitrogens with one attached hydrogen (secondary N) is 1. The van der Waals surface area contributed by atoms with Gasteiger partial charge in [-0.25, -0.2) is 4.68 Å². The highest BCUT2D eigenvalue weighted by atomic mass is 35.5. The van der Waals surface area contributed by atoms with E-state index < -0.39 is 7.42 Å². The maximum absolute atomic E-state index is 5.88. The zero-order valence-electron chi connectivity index (χ0n) is 11.1. The first kappa shape index (κ1) is 15.4. The van der Waals surface area contributed by atoms with Crippen LogP contribution < -0.4 is 5.20 Å². The average molecular weight is 362 g/mol. The number of alkyl halides is 2. The Morgan fingerprint density at radius 1 is 1.14 bits per heavy atom. The molecule has 1 unspecified atom stereocenters. The molecule has 3 rings (SSSR count). The minimum absolute atomic E-state index is 0.587. The van der Waals surface area contributed by atoms with Crippen LogP contribution in [0.15, 0.2) is 35.5 Å². The summed E-state index contributed by atoms with van der Waals surface area (Å²) >= 11 is 13.4. The van der Waals surface area contributed by atoms with E-state index in [1.165, 1.54) is 0 Å². The molecular weight excluding hydrogens is 348 g/mol. The van der Waals surface area contributed by atoms with Crippen molar-refractivity contribution >= 4 is 42.0 Å². The Labute approximate surface area is 138 Å². The van der Waals surface area contributed by atoms with Crippen LogP contribution in [0.5, 0.6) is 0 Å². The number of hydrogen-bond acceptors (Lipinski definition) is 5. The van der Waals surface area contributed by atoms with Crippen molar-refractivity contribution in [3.63, 3.8) is 0 Å². The SMILES string of the molecule is ClCCN(CCCl)P1Nn2c(nnc2-c2ccccc2)S1. The second-order valence-corrected chi connectivity index (χ2v) is 8.50. The Kier molecular flexibility index (Phi) is 5.24. The van der Waals surface area contributed by atoms with E-state index in [0.717, 1.165) is 29.6 Å². The number of nitrogens with zero attached hydrogens (tertiary/aromatic N) is 4. The zero-order valence-corrected chi connectivity index (χ0v) is 14.3. The van der Waals surface area contributed by atoms with Crippen molar-refractivity contribution in [3.8, 4) is 11.4 Å². The number of fused-ring (bicyclic) bond motifs is 1. The maximum atomic E-state index is 5.88. The molecule has 0 bridgehead atoms. The van der Waals surface area contributed by atoms with Crippen molar-refractivity contribution in [2.24, 2.45) is 0 Å². The van der Waals surface area contributed by atoms with Crippen molar-refractivity contribution in [3.05, 3.63) is 30.3 Å². The van der Waals surface area contributed by atoms with E-state index in [0.29, 0.717) is 11.8 Å². The topological polar surface area (TPSA) is 46.0 Å². The van der Waals surface area contributed by atoms with Crippen LogP contribution in [-0.4, -0.2) is 44.4 Å². The highest BCUT2D eigenvalue weighted by Gasteiger charge is 2.31. The standard InChI is InChI=1S/C12H14Cl2N5PS/c13-6-8-18(9-7-14)20-17-19-11(15-16-12(19)21-20)10-4-2-1-3-5-10/h1-5,17H,6-9H2. The Balaban J connectivity index is 1.80. The van der Waals surface area contributed by atoms with Crippen molar-refractivity contribution < 1.29 is 0 Å². The van der Waals surface area contributed by atoms with E-state index >= 15 is 0 Å². The first-order valence-corrected chi connectivity index (χ1v) is 10.2. The third-order valence-electron chi connectivity index (χ3n) is 2.96. The molecule has 0 saturated carbocycles. The van der Waals surface area contributed by atoms with Gasteiger partial charge in [-0.05, 0) is 11.4 Å². The minimum Gasteiger partial charge on any atom is -0.277 e. The van der Waals surface area contributed by atoms with Crippen LogP contribution in [0.2, 0.25) is 0 Å². The lowest BCUT2D eigenvalue weighted by Crippen LogP contribution is -2.25. The van der Waals surface area contributed by atoms with Crippen molar-refractivity contribution in [2.75, 3.05) is 30.0 Å². The van der Waals surface area contributed by atoms with E-state index in [2.05, 4.69) is 20.1 Å². The molecule has 112 valence electrons. The van der Waals surface area contributed by atoms with Crippen LogP contribution in [0.1, 0.15) is 0 Å². The third-order valence-corrected chi connectivity index (χ3v) is 7.13. The molecule has 0 spiro atoms. The zero-order chi connectivity index (χ0) is 14.7. The quantitative estimate of drug-likeness (QED) is 0.629. The van der Waals surface area contributed by atoms with E-state index in [1.807, 2.05) is 35.0 Å². The van der Waals surface area contributed by atoms with Gasteiger partial charge in [0.05, 0.1) is 0 Å². The van der Waals surface area contributed by atoms with Gasteiger partial charge in [0.1, 0.15) is 0 Å². The van der Waals surface area contributed by atoms with Crippen molar-refractivity contribution in [1.29, 1.82) is 0 Å². The van der Waals surface area contributed by atoms with Crippen LogP contribution in [0, 0.1) is 0 Å². The number of aromatic nitrogens is 3. The fourth-order valence-corrected chi connectivity index (χ4v) is 6.37. The summed E-state index contributed by atoms with van der Waals surface area (Å²) < 4.78 is 4.23. The van der Waals surface area contributed by atoms with Crippen LogP contribution >= 0.6 is 42.0 Å². The molecule has 0 amide bonds. The monoisotopic (exact) mass is 361 g/mol. The van der Waals surface area contributed by atoms with Crippen LogP contribution in [0.25, 0.3) is 11.4 Å². The second kappa shape index (κ2) is 7.16. The largest absolute Gasteiger partial charge is 0.277 e. The summed E-state index contributed by atoms with van der Waals surface area (Å²) in [5.74, 6) is 2.01. The number of halogens is 2. The molecule has 5 nitrogen and oxygen atoms in total. The Hall–Kier alpha value is -0.520. The predicted molar refractivity (Wildman–Crippen MR) is 90.6 cm³/mol. The summed E-state index contributed by atoms with van der Waals surface area (Å²) in [6.07, 6.45) is 0. The molecule has 1 atom stereocenters. The molecule has 21 heavy (non-hydrogen) atoms. The van der Waals surface area contributed by atoms with Gasteiger partial charge in [0.2, 0.25) is 5.16 Å². The molecule has 9 heteroatoms. The average Bonchev–Trinajstić information content (AvgIpc) is 3.08. The molecule has 1 N–H and O–H groups in total. The van der Waals surface area contributed by atoms with Gasteiger partial charge < -0.3 is 0 Å². The normalized spacial score (nSPS) is 17.0. The van der Waals surface area contributed by atoms with Gasteiger partial charge in [0.15, 0.2) is 13.2 Å². The lowest BCUT2D eigenvalue weighted by atomic mass is 10.2. The van der Waals surface area contributed by atoms with Gasteiger partial charge >= 0.3 is 0 Å². The van der Waals surface area contributed by atoms with E-state index in [1.54, 1.807) is 11.4 Å². The molecule has 0 aliphatic carbocycles. The third kappa shape index (κ3) is 3.30. The van der Waals surface area contributed by atoms with Crippen molar-refractivity contribution in [1.82, 2.24) is 19.5 Å². The molecule has 0 radical (unpaired) electrons. The first-order valence-electron chi connectivity index (χ1n) is 6.46. The molecule has 1 aliphatic heterocycles.